The summed E-state index contributed by atoms with van der Waals surface area (Å²) in [5.74, 6) is 0.195. The lowest BCUT2D eigenvalue weighted by Crippen LogP contribution is -2.33. The highest BCUT2D eigenvalue weighted by Crippen LogP contribution is 2.32. The number of ether oxygens (including phenoxy) is 2. The fourth-order valence-corrected chi connectivity index (χ4v) is 5.43. The Morgan fingerprint density at radius 1 is 0.923 bits per heavy atom. The van der Waals surface area contributed by atoms with Crippen molar-refractivity contribution in [2.24, 2.45) is 0 Å². The summed E-state index contributed by atoms with van der Waals surface area (Å²) in [5, 5.41) is 2.75. The van der Waals surface area contributed by atoms with E-state index in [1.54, 1.807) is 12.1 Å². The Labute approximate surface area is 230 Å². The van der Waals surface area contributed by atoms with Crippen LogP contribution in [0.2, 0.25) is 0 Å². The van der Waals surface area contributed by atoms with Crippen LogP contribution in [0, 0.1) is 6.92 Å². The monoisotopic (exact) mass is 553 g/mol. The van der Waals surface area contributed by atoms with Gasteiger partial charge in [-0.15, -0.1) is 0 Å². The summed E-state index contributed by atoms with van der Waals surface area (Å²) in [5.41, 5.74) is 4.06. The third kappa shape index (κ3) is 10.4. The van der Waals surface area contributed by atoms with Crippen LogP contribution in [0.15, 0.2) is 71.6 Å². The Balaban J connectivity index is 0.00000170. The first-order valence-electron chi connectivity index (χ1n) is 12.4. The number of methoxy groups -OCH3 is 1. The normalized spacial score (nSPS) is 11.0. The zero-order valence-electron chi connectivity index (χ0n) is 22.9. The Hall–Kier alpha value is -3.94. The summed E-state index contributed by atoms with van der Waals surface area (Å²) >= 11 is 0. The number of alkyl carbamates (subject to hydrolysis) is 1. The van der Waals surface area contributed by atoms with E-state index >= 15 is 0 Å². The standard InChI is InChI=1S/C29H35NO5S.CO2/c1-21-9-6-13-24(17-21)25-14-15-26(34-5)27(19-25)36(32,33)20-23-11-7-10-22(18-23)12-8-16-30-28(31)35-29(2,3)4;2-1-3/h6-7,9-11,13-15,17-19H,8,12,16,20H2,1-5H3,(H,30,31);. The van der Waals surface area contributed by atoms with E-state index in [2.05, 4.69) is 5.32 Å². The quantitative estimate of drug-likeness (QED) is 0.347. The van der Waals surface area contributed by atoms with E-state index in [9.17, 15) is 13.2 Å². The van der Waals surface area contributed by atoms with E-state index in [0.717, 1.165) is 22.3 Å². The topological polar surface area (TPSA) is 116 Å². The van der Waals surface area contributed by atoms with Crippen LogP contribution in [0.3, 0.4) is 0 Å². The second-order valence-electron chi connectivity index (χ2n) is 9.93. The SMILES string of the molecule is COc1ccc(-c2cccc(C)c2)cc1S(=O)(=O)Cc1cccc(CCCNC(=O)OC(C)(C)C)c1.O=C=O. The highest BCUT2D eigenvalue weighted by Gasteiger charge is 2.22. The van der Waals surface area contributed by atoms with Gasteiger partial charge in [0.25, 0.3) is 0 Å². The molecule has 1 amide bonds. The van der Waals surface area contributed by atoms with Crippen molar-refractivity contribution >= 4 is 22.1 Å². The van der Waals surface area contributed by atoms with Crippen LogP contribution in [0.25, 0.3) is 11.1 Å². The smallest absolute Gasteiger partial charge is 0.407 e. The molecule has 0 aromatic heterocycles. The van der Waals surface area contributed by atoms with E-state index < -0.39 is 21.5 Å². The number of rotatable bonds is 9. The molecule has 0 spiro atoms. The van der Waals surface area contributed by atoms with Gasteiger partial charge in [0.1, 0.15) is 16.2 Å². The molecule has 0 heterocycles. The number of benzene rings is 3. The molecule has 3 aromatic rings. The van der Waals surface area contributed by atoms with Crippen molar-refractivity contribution < 1.29 is 32.3 Å². The lowest BCUT2D eigenvalue weighted by molar-refractivity contribution is -0.191. The van der Waals surface area contributed by atoms with Gasteiger partial charge in [-0.3, -0.25) is 0 Å². The van der Waals surface area contributed by atoms with E-state index in [1.165, 1.54) is 7.11 Å². The van der Waals surface area contributed by atoms with E-state index in [-0.39, 0.29) is 16.8 Å². The van der Waals surface area contributed by atoms with Crippen molar-refractivity contribution in [2.45, 2.75) is 56.8 Å². The first-order chi connectivity index (χ1) is 18.4. The van der Waals surface area contributed by atoms with Gasteiger partial charge in [-0.2, -0.15) is 9.59 Å². The van der Waals surface area contributed by atoms with Crippen LogP contribution in [0.4, 0.5) is 4.79 Å². The van der Waals surface area contributed by atoms with Gasteiger partial charge in [0.15, 0.2) is 9.84 Å². The van der Waals surface area contributed by atoms with E-state index in [0.29, 0.717) is 30.7 Å². The molecule has 0 aliphatic heterocycles. The molecular formula is C30H35NO7S. The summed E-state index contributed by atoms with van der Waals surface area (Å²) in [6, 6.07) is 20.8. The molecule has 0 aliphatic carbocycles. The van der Waals surface area contributed by atoms with Crippen molar-refractivity contribution in [2.75, 3.05) is 13.7 Å². The summed E-state index contributed by atoms with van der Waals surface area (Å²) in [7, 11) is -2.19. The maximum atomic E-state index is 13.5. The number of aryl methyl sites for hydroxylation is 2. The van der Waals surface area contributed by atoms with Crippen molar-refractivity contribution in [3.05, 3.63) is 83.4 Å². The highest BCUT2D eigenvalue weighted by atomic mass is 32.2. The van der Waals surface area contributed by atoms with E-state index in [1.807, 2.05) is 82.3 Å². The van der Waals surface area contributed by atoms with Crippen LogP contribution >= 0.6 is 0 Å². The van der Waals surface area contributed by atoms with Crippen molar-refractivity contribution in [3.63, 3.8) is 0 Å². The molecule has 9 heteroatoms. The molecule has 1 N–H and O–H groups in total. The first kappa shape index (κ1) is 31.3. The number of carbonyl (C=O) groups is 1. The minimum Gasteiger partial charge on any atom is -0.495 e. The molecule has 0 atom stereocenters. The molecule has 0 saturated heterocycles. The Bertz CT molecular complexity index is 1400. The van der Waals surface area contributed by atoms with Crippen LogP contribution in [0.1, 0.15) is 43.9 Å². The average molecular weight is 554 g/mol. The average Bonchev–Trinajstić information content (AvgIpc) is 2.86. The van der Waals surface area contributed by atoms with Crippen LogP contribution in [0.5, 0.6) is 5.75 Å². The number of sulfone groups is 1. The largest absolute Gasteiger partial charge is 0.495 e. The number of hydrogen-bond donors (Lipinski definition) is 1. The van der Waals surface area contributed by atoms with Gasteiger partial charge >= 0.3 is 12.2 Å². The summed E-state index contributed by atoms with van der Waals surface area (Å²) in [6.07, 6.45) is 1.22. The van der Waals surface area contributed by atoms with Gasteiger partial charge in [-0.25, -0.2) is 13.2 Å². The zero-order valence-corrected chi connectivity index (χ0v) is 23.8. The molecule has 39 heavy (non-hydrogen) atoms. The molecule has 0 radical (unpaired) electrons. The number of hydrogen-bond acceptors (Lipinski definition) is 7. The lowest BCUT2D eigenvalue weighted by atomic mass is 10.0. The fraction of sp³-hybridized carbons (Fsp3) is 0.333. The molecule has 0 bridgehead atoms. The first-order valence-corrected chi connectivity index (χ1v) is 14.1. The minimum absolute atomic E-state index is 0.134. The van der Waals surface area contributed by atoms with Gasteiger partial charge in [0, 0.05) is 6.54 Å². The van der Waals surface area contributed by atoms with Gasteiger partial charge in [-0.1, -0.05) is 60.2 Å². The summed E-state index contributed by atoms with van der Waals surface area (Å²) < 4.78 is 37.5. The predicted octanol–water partition coefficient (Wildman–Crippen LogP) is 5.52. The highest BCUT2D eigenvalue weighted by molar-refractivity contribution is 7.90. The maximum absolute atomic E-state index is 13.5. The van der Waals surface area contributed by atoms with Gasteiger partial charge < -0.3 is 14.8 Å². The van der Waals surface area contributed by atoms with E-state index in [4.69, 9.17) is 19.1 Å². The number of carbonyl (C=O) groups excluding carboxylic acids is 3. The minimum atomic E-state index is -3.67. The van der Waals surface area contributed by atoms with Crippen LogP contribution in [-0.4, -0.2) is 39.9 Å². The zero-order chi connectivity index (χ0) is 29.1. The summed E-state index contributed by atoms with van der Waals surface area (Å²) in [6.45, 7) is 7.94. The van der Waals surface area contributed by atoms with Gasteiger partial charge in [0.2, 0.25) is 0 Å². The van der Waals surface area contributed by atoms with Crippen LogP contribution < -0.4 is 10.1 Å². The molecule has 0 saturated carbocycles. The Morgan fingerprint density at radius 2 is 1.56 bits per heavy atom. The molecule has 3 rings (SSSR count). The summed E-state index contributed by atoms with van der Waals surface area (Å²) in [4.78, 5) is 28.2. The van der Waals surface area contributed by atoms with Crippen molar-refractivity contribution in [3.8, 4) is 16.9 Å². The van der Waals surface area contributed by atoms with Crippen molar-refractivity contribution in [1.82, 2.24) is 5.32 Å². The van der Waals surface area contributed by atoms with Gasteiger partial charge in [0.05, 0.1) is 12.9 Å². The molecule has 3 aromatic carbocycles. The number of amides is 1. The third-order valence-electron chi connectivity index (χ3n) is 5.51. The predicted molar refractivity (Wildman–Crippen MR) is 148 cm³/mol. The fourth-order valence-electron chi connectivity index (χ4n) is 3.89. The second kappa shape index (κ2) is 14.3. The Morgan fingerprint density at radius 3 is 2.21 bits per heavy atom. The molecular weight excluding hydrogens is 518 g/mol. The third-order valence-corrected chi connectivity index (χ3v) is 7.21. The molecule has 0 unspecified atom stereocenters. The van der Waals surface area contributed by atoms with Crippen molar-refractivity contribution in [1.29, 1.82) is 0 Å². The second-order valence-corrected chi connectivity index (χ2v) is 11.9. The van der Waals surface area contributed by atoms with Gasteiger partial charge in [-0.05, 0) is 74.9 Å². The molecule has 0 fully saturated rings. The lowest BCUT2D eigenvalue weighted by Gasteiger charge is -2.19. The number of nitrogens with one attached hydrogen (secondary N) is 1. The van der Waals surface area contributed by atoms with Crippen LogP contribution in [-0.2, 0) is 36.3 Å². The maximum Gasteiger partial charge on any atom is 0.407 e. The molecule has 8 nitrogen and oxygen atoms in total. The Kier molecular flexibility index (Phi) is 11.5. The molecule has 208 valence electrons. The molecule has 0 aliphatic rings.